The zero-order chi connectivity index (χ0) is 23.7. The van der Waals surface area contributed by atoms with E-state index in [9.17, 15) is 14.4 Å². The van der Waals surface area contributed by atoms with E-state index < -0.39 is 17.8 Å². The second-order valence-corrected chi connectivity index (χ2v) is 7.79. The summed E-state index contributed by atoms with van der Waals surface area (Å²) < 4.78 is 12.2. The van der Waals surface area contributed by atoms with Crippen molar-refractivity contribution in [3.63, 3.8) is 0 Å². The average Bonchev–Trinajstić information content (AvgIpc) is 3.42. The Morgan fingerprint density at radius 2 is 1.73 bits per heavy atom. The minimum Gasteiger partial charge on any atom is -0.463 e. The first kappa shape index (κ1) is 22.5. The number of ether oxygens (including phenoxy) is 1. The Labute approximate surface area is 196 Å². The van der Waals surface area contributed by atoms with E-state index in [-0.39, 0.29) is 16.4 Å². The lowest BCUT2D eigenvalue weighted by Crippen LogP contribution is -2.55. The number of aromatic nitrogens is 1. The van der Waals surface area contributed by atoms with Gasteiger partial charge in [-0.1, -0.05) is 18.2 Å². The van der Waals surface area contributed by atoms with E-state index in [2.05, 4.69) is 0 Å². The van der Waals surface area contributed by atoms with Crippen LogP contribution in [0, 0.1) is 0 Å². The minimum atomic E-state index is -0.544. The Balaban J connectivity index is 1.76. The number of likely N-dealkylation sites (N-methyl/N-ethyl adjacent to an activating group) is 2. The zero-order valence-corrected chi connectivity index (χ0v) is 19.3. The van der Waals surface area contributed by atoms with Crippen LogP contribution in [0.2, 0.25) is 0 Å². The smallest absolute Gasteiger partial charge is 0.373 e. The molecule has 0 spiro atoms. The molecule has 1 aliphatic heterocycles. The van der Waals surface area contributed by atoms with E-state index in [0.717, 1.165) is 16.5 Å². The van der Waals surface area contributed by atoms with Crippen molar-refractivity contribution in [1.29, 1.82) is 0 Å². The second kappa shape index (κ2) is 9.03. The van der Waals surface area contributed by atoms with Gasteiger partial charge in [-0.25, -0.2) is 4.79 Å². The van der Waals surface area contributed by atoms with Gasteiger partial charge in [-0.3, -0.25) is 19.4 Å². The molecule has 1 aromatic carbocycles. The maximum absolute atomic E-state index is 13.0. The summed E-state index contributed by atoms with van der Waals surface area (Å²) in [5.41, 5.74) is 1.69. The number of furan rings is 1. The van der Waals surface area contributed by atoms with Crippen LogP contribution in [0.3, 0.4) is 0 Å². The summed E-state index contributed by atoms with van der Waals surface area (Å²) in [6, 6.07) is 11.0. The van der Waals surface area contributed by atoms with Crippen LogP contribution in [-0.2, 0) is 20.9 Å². The van der Waals surface area contributed by atoms with Gasteiger partial charge in [-0.15, -0.1) is 0 Å². The van der Waals surface area contributed by atoms with Crippen LogP contribution >= 0.6 is 12.2 Å². The molecule has 170 valence electrons. The lowest BCUT2D eigenvalue weighted by atomic mass is 10.1. The fraction of sp³-hybridized carbons (Fsp3) is 0.250. The topological polar surface area (TPSA) is 85.0 Å². The van der Waals surface area contributed by atoms with Gasteiger partial charge in [0.1, 0.15) is 11.3 Å². The standard InChI is InChI=1S/C24H23N3O5S/c1-4-26-21(28)18(22(29)27(5-2)24(26)33)12-15-13-25(19-9-7-6-8-17(15)19)14-16-10-11-20(32-16)23(30)31-3/h6-13H,4-5,14H2,1-3H3. The number of para-hydroxylation sites is 1. The van der Waals surface area contributed by atoms with Crippen molar-refractivity contribution >= 4 is 52.1 Å². The van der Waals surface area contributed by atoms with Crippen LogP contribution in [0.15, 0.2) is 52.6 Å². The SMILES string of the molecule is CCN1C(=O)C(=Cc2cn(Cc3ccc(C(=O)OC)o3)c3ccccc23)C(=O)N(CC)C1=S. The molecular formula is C24H23N3O5S. The lowest BCUT2D eigenvalue weighted by molar-refractivity contribution is -0.133. The third-order valence-corrected chi connectivity index (χ3v) is 5.98. The monoisotopic (exact) mass is 465 g/mol. The van der Waals surface area contributed by atoms with Gasteiger partial charge < -0.3 is 13.7 Å². The number of hydrogen-bond acceptors (Lipinski definition) is 6. The second-order valence-electron chi connectivity index (χ2n) is 7.43. The number of fused-ring (bicyclic) bond motifs is 1. The summed E-state index contributed by atoms with van der Waals surface area (Å²) in [5, 5.41) is 1.11. The van der Waals surface area contributed by atoms with Crippen molar-refractivity contribution < 1.29 is 23.5 Å². The predicted octanol–water partition coefficient (Wildman–Crippen LogP) is 3.45. The molecule has 9 heteroatoms. The number of rotatable bonds is 6. The number of amides is 2. The van der Waals surface area contributed by atoms with Crippen molar-refractivity contribution in [2.24, 2.45) is 0 Å². The molecule has 0 saturated carbocycles. The molecule has 0 atom stereocenters. The van der Waals surface area contributed by atoms with Gasteiger partial charge in [0.25, 0.3) is 11.8 Å². The van der Waals surface area contributed by atoms with Crippen LogP contribution in [-0.4, -0.2) is 57.5 Å². The highest BCUT2D eigenvalue weighted by Crippen LogP contribution is 2.27. The summed E-state index contributed by atoms with van der Waals surface area (Å²) in [6.45, 7) is 4.75. The molecule has 0 unspecified atom stereocenters. The summed E-state index contributed by atoms with van der Waals surface area (Å²) in [7, 11) is 1.30. The minimum absolute atomic E-state index is 0.0705. The highest BCUT2D eigenvalue weighted by Gasteiger charge is 2.38. The summed E-state index contributed by atoms with van der Waals surface area (Å²) in [6.07, 6.45) is 3.48. The highest BCUT2D eigenvalue weighted by molar-refractivity contribution is 7.80. The number of methoxy groups -OCH3 is 1. The van der Waals surface area contributed by atoms with E-state index >= 15 is 0 Å². The molecule has 0 N–H and O–H groups in total. The van der Waals surface area contributed by atoms with E-state index in [1.54, 1.807) is 18.2 Å². The zero-order valence-electron chi connectivity index (χ0n) is 18.5. The van der Waals surface area contributed by atoms with E-state index in [4.69, 9.17) is 21.4 Å². The Morgan fingerprint density at radius 3 is 2.36 bits per heavy atom. The predicted molar refractivity (Wildman–Crippen MR) is 126 cm³/mol. The molecule has 1 fully saturated rings. The molecule has 3 aromatic rings. The van der Waals surface area contributed by atoms with Crippen LogP contribution in [0.25, 0.3) is 17.0 Å². The van der Waals surface area contributed by atoms with Crippen molar-refractivity contribution in [2.75, 3.05) is 20.2 Å². The quantitative estimate of drug-likeness (QED) is 0.240. The van der Waals surface area contributed by atoms with Gasteiger partial charge in [0.05, 0.1) is 13.7 Å². The summed E-state index contributed by atoms with van der Waals surface area (Å²) in [4.78, 5) is 40.6. The molecule has 2 amide bonds. The van der Waals surface area contributed by atoms with Gasteiger partial charge in [0.15, 0.2) is 5.11 Å². The van der Waals surface area contributed by atoms with Crippen LogP contribution in [0.4, 0.5) is 0 Å². The molecule has 4 rings (SSSR count). The Hall–Kier alpha value is -3.72. The molecular weight excluding hydrogens is 442 g/mol. The van der Waals surface area contributed by atoms with Crippen LogP contribution in [0.1, 0.15) is 35.7 Å². The molecule has 3 heterocycles. The van der Waals surface area contributed by atoms with Crippen molar-refractivity contribution in [1.82, 2.24) is 14.4 Å². The van der Waals surface area contributed by atoms with E-state index in [1.807, 2.05) is 48.9 Å². The molecule has 0 radical (unpaired) electrons. The Kier molecular flexibility index (Phi) is 6.15. The number of carbonyl (C=O) groups excluding carboxylic acids is 3. The molecule has 0 aliphatic carbocycles. The maximum Gasteiger partial charge on any atom is 0.373 e. The molecule has 1 saturated heterocycles. The van der Waals surface area contributed by atoms with Crippen LogP contribution < -0.4 is 0 Å². The molecule has 8 nitrogen and oxygen atoms in total. The number of benzene rings is 1. The third kappa shape index (κ3) is 3.95. The lowest BCUT2D eigenvalue weighted by Gasteiger charge is -2.35. The number of nitrogens with zero attached hydrogens (tertiary/aromatic N) is 3. The first-order chi connectivity index (χ1) is 15.9. The van der Waals surface area contributed by atoms with Crippen LogP contribution in [0.5, 0.6) is 0 Å². The molecule has 1 aliphatic rings. The van der Waals surface area contributed by atoms with Crippen molar-refractivity contribution in [2.45, 2.75) is 20.4 Å². The van der Waals surface area contributed by atoms with E-state index in [0.29, 0.717) is 25.4 Å². The average molecular weight is 466 g/mol. The Morgan fingerprint density at radius 1 is 1.06 bits per heavy atom. The fourth-order valence-corrected chi connectivity index (χ4v) is 4.32. The normalized spacial score (nSPS) is 14.4. The molecule has 0 bridgehead atoms. The van der Waals surface area contributed by atoms with Gasteiger partial charge in [0, 0.05) is 35.8 Å². The van der Waals surface area contributed by atoms with E-state index in [1.165, 1.54) is 16.9 Å². The first-order valence-electron chi connectivity index (χ1n) is 10.5. The fourth-order valence-electron chi connectivity index (χ4n) is 3.90. The van der Waals surface area contributed by atoms with Crippen molar-refractivity contribution in [3.8, 4) is 0 Å². The third-order valence-electron chi connectivity index (χ3n) is 5.54. The summed E-state index contributed by atoms with van der Waals surface area (Å²) >= 11 is 5.34. The maximum atomic E-state index is 13.0. The number of esters is 1. The number of hydrogen-bond donors (Lipinski definition) is 0. The number of carbonyl (C=O) groups is 3. The summed E-state index contributed by atoms with van der Waals surface area (Å²) in [5.74, 6) is -0.650. The van der Waals surface area contributed by atoms with Gasteiger partial charge in [0.2, 0.25) is 5.76 Å². The molecule has 33 heavy (non-hydrogen) atoms. The largest absolute Gasteiger partial charge is 0.463 e. The van der Waals surface area contributed by atoms with Gasteiger partial charge >= 0.3 is 5.97 Å². The van der Waals surface area contributed by atoms with Crippen molar-refractivity contribution in [3.05, 3.63) is 65.3 Å². The van der Waals surface area contributed by atoms with Gasteiger partial charge in [-0.05, 0) is 50.3 Å². The Bertz CT molecular complexity index is 1270. The highest BCUT2D eigenvalue weighted by atomic mass is 32.1. The first-order valence-corrected chi connectivity index (χ1v) is 10.9. The van der Waals surface area contributed by atoms with Gasteiger partial charge in [-0.2, -0.15) is 0 Å². The number of thiocarbonyl (C=S) groups is 1. The molecule has 2 aromatic heterocycles.